The Hall–Kier alpha value is -5.69. The highest BCUT2D eigenvalue weighted by Crippen LogP contribution is 2.36. The molecule has 8 rings (SSSR count). The van der Waals surface area contributed by atoms with E-state index in [-0.39, 0.29) is 24.7 Å². The molecule has 0 aliphatic carbocycles. The number of carbonyl (C=O) groups is 1. The van der Waals surface area contributed by atoms with E-state index in [4.69, 9.17) is 14.2 Å². The summed E-state index contributed by atoms with van der Waals surface area (Å²) in [7, 11) is 0. The van der Waals surface area contributed by atoms with Crippen LogP contribution in [0.15, 0.2) is 116 Å². The van der Waals surface area contributed by atoms with Gasteiger partial charge in [-0.2, -0.15) is 4.98 Å². The quantitative estimate of drug-likeness (QED) is 0.123. The fourth-order valence-corrected chi connectivity index (χ4v) is 7.84. The van der Waals surface area contributed by atoms with Gasteiger partial charge in [0.05, 0.1) is 25.8 Å². The van der Waals surface area contributed by atoms with E-state index in [0.717, 1.165) is 60.7 Å². The molecule has 2 amide bonds. The molecule has 4 aromatic carbocycles. The van der Waals surface area contributed by atoms with Crippen molar-refractivity contribution in [2.24, 2.45) is 11.8 Å². The number of rotatable bonds is 12. The normalized spacial score (nSPS) is 19.4. The monoisotopic (exact) mass is 733 g/mol. The van der Waals surface area contributed by atoms with Crippen molar-refractivity contribution in [3.63, 3.8) is 0 Å². The highest BCUT2D eigenvalue weighted by molar-refractivity contribution is 5.78. The number of aromatic nitrogens is 2. The number of carbonyl (C=O) groups excluding carboxylic acids is 1. The van der Waals surface area contributed by atoms with Gasteiger partial charge in [-0.25, -0.2) is 9.78 Å². The second-order valence-electron chi connectivity index (χ2n) is 15.0. The van der Waals surface area contributed by atoms with Gasteiger partial charge in [0.25, 0.3) is 5.88 Å². The molecule has 3 saturated heterocycles. The fraction of sp³-hybridized carbons (Fsp3) is 0.326. The maximum atomic E-state index is 14.0. The average Bonchev–Trinajstić information content (AvgIpc) is 3.91. The molecular weight excluding hydrogens is 687 g/mol. The number of ether oxygens (including phenoxy) is 3. The SMILES string of the molecule is CC(C)N1C(=O)N(Cc2ncnc(OCc3ccccc3)c2OCc2ccccc2)CC1c1ccc(C#Cc2ccc(CN3CC4COCC4C3)cc2)cc1. The maximum absolute atomic E-state index is 14.0. The summed E-state index contributed by atoms with van der Waals surface area (Å²) in [6, 6.07) is 36.6. The second-order valence-corrected chi connectivity index (χ2v) is 15.0. The van der Waals surface area contributed by atoms with Crippen molar-refractivity contribution < 1.29 is 19.0 Å². The van der Waals surface area contributed by atoms with Gasteiger partial charge in [-0.15, -0.1) is 0 Å². The molecule has 3 fully saturated rings. The Labute approximate surface area is 323 Å². The van der Waals surface area contributed by atoms with E-state index in [1.54, 1.807) is 0 Å². The first-order valence-corrected chi connectivity index (χ1v) is 19.2. The number of hydrogen-bond donors (Lipinski definition) is 0. The summed E-state index contributed by atoms with van der Waals surface area (Å²) in [4.78, 5) is 29.4. The third-order valence-electron chi connectivity index (χ3n) is 10.7. The molecule has 280 valence electrons. The summed E-state index contributed by atoms with van der Waals surface area (Å²) >= 11 is 0. The summed E-state index contributed by atoms with van der Waals surface area (Å²) in [5.41, 5.74) is 6.92. The average molecular weight is 734 g/mol. The van der Waals surface area contributed by atoms with E-state index in [0.29, 0.717) is 48.9 Å². The number of benzene rings is 4. The third-order valence-corrected chi connectivity index (χ3v) is 10.7. The first kappa shape index (κ1) is 36.3. The Kier molecular flexibility index (Phi) is 11.1. The minimum absolute atomic E-state index is 0.00646. The van der Waals surface area contributed by atoms with Gasteiger partial charge in [-0.3, -0.25) is 4.90 Å². The Balaban J connectivity index is 0.946. The van der Waals surface area contributed by atoms with Crippen LogP contribution in [-0.2, 0) is 31.0 Å². The van der Waals surface area contributed by atoms with Crippen molar-refractivity contribution in [1.29, 1.82) is 0 Å². The molecule has 0 bridgehead atoms. The minimum Gasteiger partial charge on any atom is -0.482 e. The van der Waals surface area contributed by atoms with Crippen LogP contribution in [0, 0.1) is 23.7 Å². The number of urea groups is 1. The molecule has 9 heteroatoms. The molecule has 55 heavy (non-hydrogen) atoms. The van der Waals surface area contributed by atoms with E-state index < -0.39 is 0 Å². The lowest BCUT2D eigenvalue weighted by Gasteiger charge is -2.27. The van der Waals surface area contributed by atoms with Gasteiger partial charge in [-0.1, -0.05) is 96.8 Å². The zero-order valence-electron chi connectivity index (χ0n) is 31.5. The summed E-state index contributed by atoms with van der Waals surface area (Å²) in [5, 5.41) is 0. The van der Waals surface area contributed by atoms with Crippen molar-refractivity contribution in [3.8, 4) is 23.5 Å². The number of amides is 2. The summed E-state index contributed by atoms with van der Waals surface area (Å²) in [5.74, 6) is 8.85. The summed E-state index contributed by atoms with van der Waals surface area (Å²) < 4.78 is 18.2. The van der Waals surface area contributed by atoms with Gasteiger partial charge < -0.3 is 24.0 Å². The molecule has 0 spiro atoms. The van der Waals surface area contributed by atoms with Crippen LogP contribution in [0.3, 0.4) is 0 Å². The molecule has 3 atom stereocenters. The molecule has 9 nitrogen and oxygen atoms in total. The molecular formula is C46H47N5O4. The number of nitrogens with zero attached hydrogens (tertiary/aromatic N) is 5. The van der Waals surface area contributed by atoms with Gasteiger partial charge in [0.15, 0.2) is 0 Å². The number of likely N-dealkylation sites (tertiary alicyclic amines) is 1. The standard InChI is InChI=1S/C46H47N5O4/c1-33(2)51-43(39-21-19-35(20-22-39)14-13-34-15-17-36(18-16-34)23-49-24-40-30-53-31-41(40)25-49)27-50(46(51)52)26-42-44(54-28-37-9-5-3-6-10-37)45(48-32-47-42)55-29-38-11-7-4-8-12-38/h3-12,15-22,32-33,40-41,43H,23-31H2,1-2H3. The van der Waals surface area contributed by atoms with Gasteiger partial charge in [0.2, 0.25) is 5.75 Å². The van der Waals surface area contributed by atoms with Crippen LogP contribution in [0.4, 0.5) is 4.79 Å². The Morgan fingerprint density at radius 3 is 1.93 bits per heavy atom. The lowest BCUT2D eigenvalue weighted by Crippen LogP contribution is -2.37. The van der Waals surface area contributed by atoms with Crippen LogP contribution in [-0.4, -0.2) is 69.6 Å². The molecule has 3 aliphatic rings. The highest BCUT2D eigenvalue weighted by Gasteiger charge is 2.40. The number of hydrogen-bond acceptors (Lipinski definition) is 7. The van der Waals surface area contributed by atoms with Crippen LogP contribution < -0.4 is 9.47 Å². The molecule has 3 aliphatic heterocycles. The predicted octanol–water partition coefficient (Wildman–Crippen LogP) is 7.50. The summed E-state index contributed by atoms with van der Waals surface area (Å²) in [6.07, 6.45) is 1.48. The molecule has 0 N–H and O–H groups in total. The van der Waals surface area contributed by atoms with Gasteiger partial charge in [0.1, 0.15) is 25.2 Å². The first-order valence-electron chi connectivity index (χ1n) is 19.2. The lowest BCUT2D eigenvalue weighted by atomic mass is 10.0. The Morgan fingerprint density at radius 1 is 0.709 bits per heavy atom. The molecule has 3 unspecified atom stereocenters. The Morgan fingerprint density at radius 2 is 1.31 bits per heavy atom. The topological polar surface area (TPSA) is 80.3 Å². The van der Waals surface area contributed by atoms with E-state index >= 15 is 0 Å². The van der Waals surface area contributed by atoms with Crippen LogP contribution >= 0.6 is 0 Å². The van der Waals surface area contributed by atoms with Crippen molar-refractivity contribution in [2.75, 3.05) is 32.8 Å². The van der Waals surface area contributed by atoms with Crippen LogP contribution in [0.5, 0.6) is 11.6 Å². The fourth-order valence-electron chi connectivity index (χ4n) is 7.84. The molecule has 4 heterocycles. The van der Waals surface area contributed by atoms with Gasteiger partial charge >= 0.3 is 6.03 Å². The zero-order chi connectivity index (χ0) is 37.6. The second kappa shape index (κ2) is 16.8. The molecule has 1 aromatic heterocycles. The van der Waals surface area contributed by atoms with E-state index in [1.165, 1.54) is 11.9 Å². The van der Waals surface area contributed by atoms with E-state index in [2.05, 4.69) is 77.0 Å². The van der Waals surface area contributed by atoms with Gasteiger partial charge in [0, 0.05) is 55.2 Å². The predicted molar refractivity (Wildman–Crippen MR) is 211 cm³/mol. The molecule has 0 radical (unpaired) electrons. The van der Waals surface area contributed by atoms with Crippen LogP contribution in [0.1, 0.15) is 59.0 Å². The molecule has 0 saturated carbocycles. The summed E-state index contributed by atoms with van der Waals surface area (Å²) in [6.45, 7) is 10.6. The zero-order valence-corrected chi connectivity index (χ0v) is 31.5. The third kappa shape index (κ3) is 8.67. The lowest BCUT2D eigenvalue weighted by molar-refractivity contribution is 0.153. The van der Waals surface area contributed by atoms with Crippen LogP contribution in [0.2, 0.25) is 0 Å². The minimum atomic E-state index is -0.130. The molecule has 5 aromatic rings. The van der Waals surface area contributed by atoms with Crippen LogP contribution in [0.25, 0.3) is 0 Å². The maximum Gasteiger partial charge on any atom is 0.321 e. The van der Waals surface area contributed by atoms with E-state index in [1.807, 2.05) is 82.6 Å². The van der Waals surface area contributed by atoms with Crippen molar-refractivity contribution >= 4 is 6.03 Å². The van der Waals surface area contributed by atoms with Crippen molar-refractivity contribution in [1.82, 2.24) is 24.7 Å². The smallest absolute Gasteiger partial charge is 0.321 e. The Bertz CT molecular complexity index is 2100. The van der Waals surface area contributed by atoms with Crippen molar-refractivity contribution in [3.05, 3.63) is 155 Å². The van der Waals surface area contributed by atoms with Gasteiger partial charge in [-0.05, 0) is 60.4 Å². The van der Waals surface area contributed by atoms with Crippen molar-refractivity contribution in [2.45, 2.75) is 52.2 Å². The number of fused-ring (bicyclic) bond motifs is 1. The largest absolute Gasteiger partial charge is 0.482 e. The highest BCUT2D eigenvalue weighted by atomic mass is 16.5. The van der Waals surface area contributed by atoms with E-state index in [9.17, 15) is 4.79 Å². The first-order chi connectivity index (χ1) is 27.0.